The average Bonchev–Trinajstić information content (AvgIpc) is 1.37. The van der Waals surface area contributed by atoms with E-state index in [9.17, 15) is 61.5 Å². The first kappa shape index (κ1) is 84.3. The number of nitrogens with two attached hydrogens (primary N) is 1. The van der Waals surface area contributed by atoms with Gasteiger partial charge >= 0.3 is 18.1 Å². The molecule has 10 atom stereocenters. The molecular formula is C73H104N12O16S3. The van der Waals surface area contributed by atoms with Gasteiger partial charge in [-0.05, 0) is 118 Å². The molecule has 31 heteroatoms. The van der Waals surface area contributed by atoms with Gasteiger partial charge in [-0.3, -0.25) is 38.5 Å². The number of carboxylic acids is 1. The van der Waals surface area contributed by atoms with Gasteiger partial charge in [-0.25, -0.2) is 32.8 Å². The minimum absolute atomic E-state index is 0.00524. The van der Waals surface area contributed by atoms with Crippen molar-refractivity contribution in [2.24, 2.45) is 29.4 Å². The standard InChI is InChI=1S/C73H104N12O16S3/c1-14-45(6)61(55(99-11)41-58(87)84-37-22-26-53(84)62(100-12)46(7)63(88)78-52(65-76-36-38-102-65)39-47-23-17-15-18-24-47)83(10)66(90)59(43(2)3)81-69(94)73(8,9)82-71(96)101-42-48-28-31-50(32-29-48)85(54(68(92)93)25-21-35-77-70(74)95)67(91)60(44(4)5)80-57(86)27-19-16-20-34-75-64(89)49-30-33-51-56(40-49)103-72(79-51)104(13,97)98/h15,17-18,23-24,28-33,36,38,40,43-46,52-55,59-62H,14,16,19-22,25-27,34-35,37,39,41-42H2,1-13H3,(H,75,89)(H,78,88)(H,80,86)(H,81,94)(H,82,96)(H,92,93)(H3,74,77,95)/t45-,46+,52-,53-,54-,55+,59-,60-,61-,62+/m0/s1. The number of unbranched alkanes of at least 4 members (excludes halogenated alkanes) is 2. The smallest absolute Gasteiger partial charge is 0.408 e. The molecule has 0 spiro atoms. The second-order valence-corrected chi connectivity index (χ2v) is 31.8. The maximum Gasteiger partial charge on any atom is 0.408 e. The Morgan fingerprint density at radius 3 is 2.10 bits per heavy atom. The molecule has 10 amide bonds. The fraction of sp³-hybridized carbons (Fsp3) is 0.562. The summed E-state index contributed by atoms with van der Waals surface area (Å²) in [5.41, 5.74) is 5.96. The number of methoxy groups -OCH3 is 2. The second kappa shape index (κ2) is 39.5. The summed E-state index contributed by atoms with van der Waals surface area (Å²) < 4.78 is 42.2. The molecule has 6 rings (SSSR count). The molecule has 0 bridgehead atoms. The van der Waals surface area contributed by atoms with E-state index in [4.69, 9.17) is 19.9 Å². The maximum atomic E-state index is 14.8. The Balaban J connectivity index is 1.05. The summed E-state index contributed by atoms with van der Waals surface area (Å²) in [7, 11) is 1.14. The highest BCUT2D eigenvalue weighted by molar-refractivity contribution is 7.92. The van der Waals surface area contributed by atoms with Gasteiger partial charge in [0.05, 0.1) is 52.9 Å². The molecule has 2 aromatic heterocycles. The van der Waals surface area contributed by atoms with Gasteiger partial charge < -0.3 is 66.8 Å². The highest BCUT2D eigenvalue weighted by Gasteiger charge is 2.45. The molecule has 1 fully saturated rings. The van der Waals surface area contributed by atoms with Crippen LogP contribution >= 0.6 is 22.7 Å². The molecule has 0 saturated carbocycles. The topological polar surface area (TPSA) is 386 Å². The van der Waals surface area contributed by atoms with E-state index < -0.39 is 117 Å². The number of urea groups is 1. The molecule has 1 aliphatic rings. The van der Waals surface area contributed by atoms with Crippen molar-refractivity contribution in [1.82, 2.24) is 51.7 Å². The Bertz CT molecular complexity index is 3840. The summed E-state index contributed by atoms with van der Waals surface area (Å²) in [6.07, 6.45) is 4.04. The Morgan fingerprint density at radius 2 is 1.49 bits per heavy atom. The molecule has 9 N–H and O–H groups in total. The largest absolute Gasteiger partial charge is 0.480 e. The third kappa shape index (κ3) is 23.7. The highest BCUT2D eigenvalue weighted by atomic mass is 32.2. The third-order valence-electron chi connectivity index (χ3n) is 18.7. The minimum atomic E-state index is -3.52. The Kier molecular flexibility index (Phi) is 32.0. The van der Waals surface area contributed by atoms with Gasteiger partial charge in [0.1, 0.15) is 35.3 Å². The summed E-state index contributed by atoms with van der Waals surface area (Å²) in [4.78, 5) is 150. The first-order chi connectivity index (χ1) is 49.2. The number of benzene rings is 3. The van der Waals surface area contributed by atoms with Crippen LogP contribution in [-0.4, -0.2) is 188 Å². The molecule has 1 saturated heterocycles. The fourth-order valence-electron chi connectivity index (χ4n) is 12.7. The summed E-state index contributed by atoms with van der Waals surface area (Å²) in [5.74, 6) is -6.41. The van der Waals surface area contributed by atoms with Crippen molar-refractivity contribution >= 4 is 108 Å². The molecule has 570 valence electrons. The van der Waals surface area contributed by atoms with Crippen molar-refractivity contribution in [3.05, 3.63) is 106 Å². The lowest BCUT2D eigenvalue weighted by molar-refractivity contribution is -0.148. The van der Waals surface area contributed by atoms with Crippen LogP contribution in [0.1, 0.15) is 159 Å². The van der Waals surface area contributed by atoms with Crippen LogP contribution in [0, 0.1) is 23.7 Å². The molecule has 3 aromatic carbocycles. The van der Waals surface area contributed by atoms with Crippen LogP contribution in [0.5, 0.6) is 0 Å². The number of sulfone groups is 1. The molecular weight excluding hydrogens is 1400 g/mol. The lowest BCUT2D eigenvalue weighted by Gasteiger charge is -2.41. The molecule has 5 aromatic rings. The Hall–Kier alpha value is -8.65. The molecule has 1 aliphatic heterocycles. The molecule has 28 nitrogen and oxygen atoms in total. The van der Waals surface area contributed by atoms with Gasteiger partial charge in [0, 0.05) is 76.4 Å². The van der Waals surface area contributed by atoms with Crippen molar-refractivity contribution in [3.63, 3.8) is 0 Å². The minimum Gasteiger partial charge on any atom is -0.480 e. The number of carboxylic acid groups (broad SMARTS) is 1. The number of fused-ring (bicyclic) bond motifs is 1. The van der Waals surface area contributed by atoms with Crippen LogP contribution in [0.2, 0.25) is 0 Å². The quantitative estimate of drug-likeness (QED) is 0.0174. The van der Waals surface area contributed by atoms with Crippen LogP contribution < -0.4 is 42.5 Å². The SMILES string of the molecule is CC[C@H](C)[C@@H]([C@@H](CC(=O)N1CCC[C@H]1[C@H](OC)[C@@H](C)C(=O)N[C@@H](Cc1ccccc1)c1nccs1)OC)N(C)C(=O)[C@@H](NC(=O)C(C)(C)NC(=O)OCc1ccc(N(C(=O)[C@@H](NC(=O)CCCCCNC(=O)c2ccc3nc(S(C)(=O)=O)sc3c2)C(C)C)[C@@H](CCCNC(N)=O)C(=O)O)cc1)C(C)C. The van der Waals surface area contributed by atoms with Crippen molar-refractivity contribution in [3.8, 4) is 0 Å². The van der Waals surface area contributed by atoms with Crippen LogP contribution in [0.15, 0.2) is 88.7 Å². The Morgan fingerprint density at radius 1 is 0.817 bits per heavy atom. The summed E-state index contributed by atoms with van der Waals surface area (Å²) in [5, 5.41) is 30.0. The van der Waals surface area contributed by atoms with Crippen LogP contribution in [0.4, 0.5) is 15.3 Å². The first-order valence-corrected chi connectivity index (χ1v) is 38.8. The number of carbonyl (C=O) groups excluding carboxylic acids is 9. The number of anilines is 1. The van der Waals surface area contributed by atoms with Crippen molar-refractivity contribution in [2.75, 3.05) is 52.1 Å². The number of primary amides is 1. The number of thiazole rings is 2. The zero-order valence-electron chi connectivity index (χ0n) is 61.7. The molecule has 3 heterocycles. The van der Waals surface area contributed by atoms with Gasteiger partial charge in [0.15, 0.2) is 0 Å². The normalized spacial score (nSPS) is 15.8. The summed E-state index contributed by atoms with van der Waals surface area (Å²) in [6, 6.07) is 14.4. The van der Waals surface area contributed by atoms with Crippen LogP contribution in [0.3, 0.4) is 0 Å². The number of ether oxygens (including phenoxy) is 3. The monoisotopic (exact) mass is 1500 g/mol. The fourth-order valence-corrected chi connectivity index (χ4v) is 15.3. The number of alkyl carbamates (subject to hydrolysis) is 1. The van der Waals surface area contributed by atoms with Crippen molar-refractivity contribution in [1.29, 1.82) is 0 Å². The number of likely N-dealkylation sites (N-methyl/N-ethyl adjacent to an activating group) is 1. The lowest BCUT2D eigenvalue weighted by atomic mass is 9.89. The molecule has 104 heavy (non-hydrogen) atoms. The Labute approximate surface area is 617 Å². The van der Waals surface area contributed by atoms with E-state index in [1.54, 1.807) is 78.1 Å². The number of carbonyl (C=O) groups is 10. The number of amides is 10. The second-order valence-electron chi connectivity index (χ2n) is 27.7. The number of hydrogen-bond acceptors (Lipinski definition) is 19. The summed E-state index contributed by atoms with van der Waals surface area (Å²) in [6.45, 7) is 15.9. The number of aromatic nitrogens is 2. The van der Waals surface area contributed by atoms with E-state index in [0.717, 1.165) is 33.1 Å². The molecule has 0 aliphatic carbocycles. The van der Waals surface area contributed by atoms with E-state index in [1.165, 1.54) is 61.5 Å². The first-order valence-electron chi connectivity index (χ1n) is 35.2. The number of likely N-dealkylation sites (tertiary alicyclic amines) is 1. The van der Waals surface area contributed by atoms with Crippen LogP contribution in [-0.2, 0) is 70.6 Å². The van der Waals surface area contributed by atoms with Gasteiger partial charge in [-0.15, -0.1) is 22.7 Å². The average molecular weight is 1500 g/mol. The van der Waals surface area contributed by atoms with Crippen LogP contribution in [0.25, 0.3) is 10.2 Å². The zero-order valence-corrected chi connectivity index (χ0v) is 64.2. The van der Waals surface area contributed by atoms with Gasteiger partial charge in [-0.2, -0.15) is 0 Å². The predicted octanol–water partition coefficient (Wildman–Crippen LogP) is 7.69. The van der Waals surface area contributed by atoms with E-state index in [-0.39, 0.29) is 85.1 Å². The summed E-state index contributed by atoms with van der Waals surface area (Å²) >= 11 is 2.43. The zero-order chi connectivity index (χ0) is 76.8. The number of hydrogen-bond donors (Lipinski definition) is 8. The highest BCUT2D eigenvalue weighted by Crippen LogP contribution is 2.32. The third-order valence-corrected chi connectivity index (χ3v) is 22.3. The van der Waals surface area contributed by atoms with Gasteiger partial charge in [0.25, 0.3) is 11.8 Å². The maximum absolute atomic E-state index is 14.8. The van der Waals surface area contributed by atoms with Gasteiger partial charge in [0.2, 0.25) is 43.7 Å². The van der Waals surface area contributed by atoms with Crippen molar-refractivity contribution < 1.29 is 75.7 Å². The van der Waals surface area contributed by atoms with E-state index in [2.05, 4.69) is 41.9 Å². The van der Waals surface area contributed by atoms with Crippen molar-refractivity contribution in [2.45, 2.75) is 198 Å². The van der Waals surface area contributed by atoms with Gasteiger partial charge in [-0.1, -0.05) is 104 Å². The van der Waals surface area contributed by atoms with E-state index in [0.29, 0.717) is 72.8 Å². The lowest BCUT2D eigenvalue weighted by Crippen LogP contribution is -2.62. The van der Waals surface area contributed by atoms with E-state index >= 15 is 0 Å². The predicted molar refractivity (Wildman–Crippen MR) is 396 cm³/mol. The number of aliphatic carboxylic acids is 1. The molecule has 0 unspecified atom stereocenters. The van der Waals surface area contributed by atoms with E-state index in [1.807, 2.05) is 49.6 Å². The number of nitrogens with zero attached hydrogens (tertiary/aromatic N) is 5. The number of nitrogens with one attached hydrogen (secondary N) is 6. The number of rotatable bonds is 40. The molecule has 0 radical (unpaired) electrons.